The van der Waals surface area contributed by atoms with Crippen LogP contribution in [0.3, 0.4) is 0 Å². The third-order valence-corrected chi connectivity index (χ3v) is 5.35. The van der Waals surface area contributed by atoms with Crippen molar-refractivity contribution in [3.63, 3.8) is 0 Å². The van der Waals surface area contributed by atoms with Crippen LogP contribution in [-0.4, -0.2) is 56.7 Å². The number of anilines is 1. The van der Waals surface area contributed by atoms with Crippen LogP contribution < -0.4 is 4.90 Å². The van der Waals surface area contributed by atoms with Crippen molar-refractivity contribution in [3.8, 4) is 0 Å². The Morgan fingerprint density at radius 2 is 1.75 bits per heavy atom. The van der Waals surface area contributed by atoms with Crippen LogP contribution in [-0.2, 0) is 18.3 Å². The zero-order chi connectivity index (χ0) is 19.7. The van der Waals surface area contributed by atoms with Crippen molar-refractivity contribution in [2.75, 3.05) is 31.1 Å². The van der Waals surface area contributed by atoms with Gasteiger partial charge in [-0.3, -0.25) is 9.48 Å². The number of hydrogen-bond donors (Lipinski definition) is 0. The molecule has 7 heteroatoms. The molecule has 0 unspecified atom stereocenters. The zero-order valence-electron chi connectivity index (χ0n) is 16.7. The summed E-state index contributed by atoms with van der Waals surface area (Å²) in [4.78, 5) is 26.1. The lowest BCUT2D eigenvalue weighted by molar-refractivity contribution is -0.131. The number of hydrogen-bond acceptors (Lipinski definition) is 5. The molecule has 3 heterocycles. The lowest BCUT2D eigenvalue weighted by atomic mass is 10.1. The van der Waals surface area contributed by atoms with Crippen molar-refractivity contribution >= 4 is 22.8 Å². The average Bonchev–Trinajstić information content (AvgIpc) is 3.00. The molecular weight excluding hydrogens is 352 g/mol. The van der Waals surface area contributed by atoms with E-state index in [2.05, 4.69) is 27.1 Å². The summed E-state index contributed by atoms with van der Waals surface area (Å²) in [5, 5.41) is 4.51. The summed E-state index contributed by atoms with van der Waals surface area (Å²) in [5.41, 5.74) is 4.00. The summed E-state index contributed by atoms with van der Waals surface area (Å²) in [6.45, 7) is 6.87. The SMILES string of the molecule is Cc1nc(N2CCN(C(=O)CCc3ccccc3)CC2)c2c(n1)c(C)nn2C. The predicted octanol–water partition coefficient (Wildman–Crippen LogP) is 2.26. The molecule has 146 valence electrons. The average molecular weight is 378 g/mol. The van der Waals surface area contributed by atoms with Gasteiger partial charge >= 0.3 is 0 Å². The molecule has 1 fully saturated rings. The van der Waals surface area contributed by atoms with Gasteiger partial charge in [-0.05, 0) is 25.8 Å². The van der Waals surface area contributed by atoms with E-state index in [1.54, 1.807) is 0 Å². The summed E-state index contributed by atoms with van der Waals surface area (Å²) in [7, 11) is 1.93. The van der Waals surface area contributed by atoms with Crippen LogP contribution in [0.25, 0.3) is 11.0 Å². The highest BCUT2D eigenvalue weighted by molar-refractivity contribution is 5.88. The Balaban J connectivity index is 1.43. The number of carbonyl (C=O) groups is 1. The minimum Gasteiger partial charge on any atom is -0.351 e. The van der Waals surface area contributed by atoms with Gasteiger partial charge in [0.1, 0.15) is 16.9 Å². The fourth-order valence-electron chi connectivity index (χ4n) is 3.87. The minimum atomic E-state index is 0.226. The Kier molecular flexibility index (Phi) is 4.98. The molecule has 1 aromatic carbocycles. The normalized spacial score (nSPS) is 14.7. The van der Waals surface area contributed by atoms with E-state index in [4.69, 9.17) is 4.98 Å². The zero-order valence-corrected chi connectivity index (χ0v) is 16.7. The first kappa shape index (κ1) is 18.4. The van der Waals surface area contributed by atoms with Crippen molar-refractivity contribution < 1.29 is 4.79 Å². The van der Waals surface area contributed by atoms with E-state index in [0.29, 0.717) is 6.42 Å². The maximum Gasteiger partial charge on any atom is 0.223 e. The van der Waals surface area contributed by atoms with Crippen molar-refractivity contribution in [1.29, 1.82) is 0 Å². The molecule has 0 aliphatic carbocycles. The number of piperazine rings is 1. The maximum absolute atomic E-state index is 12.6. The van der Waals surface area contributed by atoms with Gasteiger partial charge in [0.15, 0.2) is 5.82 Å². The predicted molar refractivity (Wildman–Crippen MR) is 109 cm³/mol. The first-order chi connectivity index (χ1) is 13.5. The largest absolute Gasteiger partial charge is 0.351 e. The second-order valence-electron chi connectivity index (χ2n) is 7.35. The molecule has 1 aliphatic rings. The van der Waals surface area contributed by atoms with Gasteiger partial charge in [0.25, 0.3) is 0 Å². The summed E-state index contributed by atoms with van der Waals surface area (Å²) in [6, 6.07) is 10.2. The molecule has 7 nitrogen and oxygen atoms in total. The summed E-state index contributed by atoms with van der Waals surface area (Å²) >= 11 is 0. The van der Waals surface area contributed by atoms with E-state index in [1.165, 1.54) is 5.56 Å². The summed E-state index contributed by atoms with van der Waals surface area (Å²) < 4.78 is 1.86. The fraction of sp³-hybridized carbons (Fsp3) is 0.429. The first-order valence-electron chi connectivity index (χ1n) is 9.77. The number of rotatable bonds is 4. The van der Waals surface area contributed by atoms with E-state index < -0.39 is 0 Å². The van der Waals surface area contributed by atoms with Crippen LogP contribution in [0.15, 0.2) is 30.3 Å². The number of nitrogens with zero attached hydrogens (tertiary/aromatic N) is 6. The van der Waals surface area contributed by atoms with Crippen molar-refractivity contribution in [1.82, 2.24) is 24.6 Å². The highest BCUT2D eigenvalue weighted by Gasteiger charge is 2.25. The van der Waals surface area contributed by atoms with Crippen LogP contribution in [0.2, 0.25) is 0 Å². The van der Waals surface area contributed by atoms with E-state index >= 15 is 0 Å². The van der Waals surface area contributed by atoms with E-state index in [9.17, 15) is 4.79 Å². The number of fused-ring (bicyclic) bond motifs is 1. The Labute approximate surface area is 165 Å². The Hall–Kier alpha value is -2.96. The van der Waals surface area contributed by atoms with Gasteiger partial charge < -0.3 is 9.80 Å². The molecule has 1 aliphatic heterocycles. The van der Waals surface area contributed by atoms with Crippen LogP contribution in [0.4, 0.5) is 5.82 Å². The summed E-state index contributed by atoms with van der Waals surface area (Å²) in [6.07, 6.45) is 1.35. The molecular formula is C21H26N6O. The molecule has 0 atom stereocenters. The Morgan fingerprint density at radius 1 is 1.04 bits per heavy atom. The fourth-order valence-corrected chi connectivity index (χ4v) is 3.87. The number of aromatic nitrogens is 4. The quantitative estimate of drug-likeness (QED) is 0.697. The van der Waals surface area contributed by atoms with Crippen molar-refractivity contribution in [2.24, 2.45) is 7.05 Å². The molecule has 3 aromatic rings. The van der Waals surface area contributed by atoms with Crippen LogP contribution >= 0.6 is 0 Å². The molecule has 0 N–H and O–H groups in total. The van der Waals surface area contributed by atoms with Gasteiger partial charge in [0, 0.05) is 39.6 Å². The highest BCUT2D eigenvalue weighted by atomic mass is 16.2. The number of amides is 1. The van der Waals surface area contributed by atoms with E-state index in [1.807, 2.05) is 48.7 Å². The standard InChI is InChI=1S/C21H26N6O/c1-15-19-20(25(3)24-15)21(23-16(2)22-19)27-13-11-26(12-14-27)18(28)10-9-17-7-5-4-6-8-17/h4-8H,9-14H2,1-3H3. The molecule has 28 heavy (non-hydrogen) atoms. The molecule has 0 bridgehead atoms. The molecule has 0 spiro atoms. The van der Waals surface area contributed by atoms with Gasteiger partial charge in [0.05, 0.1) is 5.69 Å². The molecule has 2 aromatic heterocycles. The van der Waals surface area contributed by atoms with Crippen molar-refractivity contribution in [2.45, 2.75) is 26.7 Å². The molecule has 0 saturated carbocycles. The first-order valence-corrected chi connectivity index (χ1v) is 9.77. The van der Waals surface area contributed by atoms with Crippen LogP contribution in [0.5, 0.6) is 0 Å². The molecule has 1 saturated heterocycles. The molecule has 1 amide bonds. The molecule has 4 rings (SSSR count). The second kappa shape index (κ2) is 7.58. The third kappa shape index (κ3) is 3.56. The maximum atomic E-state index is 12.6. The van der Waals surface area contributed by atoms with Gasteiger partial charge in [-0.25, -0.2) is 9.97 Å². The second-order valence-corrected chi connectivity index (χ2v) is 7.35. The topological polar surface area (TPSA) is 67.2 Å². The Bertz CT molecular complexity index is 989. The molecule has 0 radical (unpaired) electrons. The number of carbonyl (C=O) groups excluding carboxylic acids is 1. The smallest absolute Gasteiger partial charge is 0.223 e. The van der Waals surface area contributed by atoms with Gasteiger partial charge in [0.2, 0.25) is 5.91 Å². The number of aryl methyl sites for hydroxylation is 4. The van der Waals surface area contributed by atoms with Gasteiger partial charge in [-0.2, -0.15) is 5.10 Å². The van der Waals surface area contributed by atoms with Crippen molar-refractivity contribution in [3.05, 3.63) is 47.4 Å². The third-order valence-electron chi connectivity index (χ3n) is 5.35. The van der Waals surface area contributed by atoms with E-state index in [0.717, 1.165) is 61.0 Å². The summed E-state index contributed by atoms with van der Waals surface area (Å²) in [5.74, 6) is 1.89. The van der Waals surface area contributed by atoms with E-state index in [-0.39, 0.29) is 5.91 Å². The Morgan fingerprint density at radius 3 is 2.46 bits per heavy atom. The van der Waals surface area contributed by atoms with Crippen LogP contribution in [0, 0.1) is 13.8 Å². The lowest BCUT2D eigenvalue weighted by Gasteiger charge is -2.35. The number of benzene rings is 1. The lowest BCUT2D eigenvalue weighted by Crippen LogP contribution is -2.49. The van der Waals surface area contributed by atoms with Gasteiger partial charge in [-0.15, -0.1) is 0 Å². The highest BCUT2D eigenvalue weighted by Crippen LogP contribution is 2.26. The van der Waals surface area contributed by atoms with Crippen LogP contribution in [0.1, 0.15) is 23.5 Å². The van der Waals surface area contributed by atoms with Gasteiger partial charge in [-0.1, -0.05) is 30.3 Å². The monoisotopic (exact) mass is 378 g/mol. The minimum absolute atomic E-state index is 0.226.